The molecule has 2 nitrogen and oxygen atoms in total. The fourth-order valence-corrected chi connectivity index (χ4v) is 6.79. The van der Waals surface area contributed by atoms with Gasteiger partial charge >= 0.3 is 0 Å². The second kappa shape index (κ2) is 8.52. The summed E-state index contributed by atoms with van der Waals surface area (Å²) in [6.07, 6.45) is 13.8. The van der Waals surface area contributed by atoms with Crippen LogP contribution < -0.4 is 21.2 Å². The Balaban J connectivity index is 1.48. The zero-order valence-electron chi connectivity index (χ0n) is 22.9. The number of benzene rings is 2. The summed E-state index contributed by atoms with van der Waals surface area (Å²) >= 11 is 0. The van der Waals surface area contributed by atoms with Crippen LogP contribution in [0.1, 0.15) is 54.4 Å². The van der Waals surface area contributed by atoms with Crippen LogP contribution in [0.25, 0.3) is 11.1 Å². The van der Waals surface area contributed by atoms with Crippen LogP contribution in [0.2, 0.25) is 0 Å². The van der Waals surface area contributed by atoms with Gasteiger partial charge in [-0.1, -0.05) is 102 Å². The number of fused-ring (bicyclic) bond motifs is 4. The third kappa shape index (κ3) is 3.69. The lowest BCUT2D eigenvalue weighted by atomic mass is 9.67. The largest absolute Gasteiger partial charge is 0.248 e. The van der Waals surface area contributed by atoms with E-state index in [4.69, 9.17) is 9.98 Å². The van der Waals surface area contributed by atoms with Gasteiger partial charge in [-0.2, -0.15) is 0 Å². The van der Waals surface area contributed by atoms with Crippen LogP contribution in [0, 0.1) is 16.7 Å². The third-order valence-electron chi connectivity index (χ3n) is 8.47. The Morgan fingerprint density at radius 3 is 2.11 bits per heavy atom. The van der Waals surface area contributed by atoms with Crippen LogP contribution in [0.5, 0.6) is 0 Å². The van der Waals surface area contributed by atoms with E-state index in [1.54, 1.807) is 0 Å². The molecular weight excluding hydrogens is 448 g/mol. The molecule has 0 amide bonds. The molecule has 4 aliphatic rings. The standard InChI is InChI=1S/C35H36N2/c1-7-22-26(34(3,4)20-30-32(22)24-14-9-11-18-28(24)36-30)16-13-17-27-23(8-2)33-25-15-10-12-19-29(25)37-31(33)21-35(27,5)6/h9-22H,7-8H2,1-6H3. The minimum absolute atomic E-state index is 0.0511. The molecule has 2 heterocycles. The Hall–Kier alpha value is -3.52. The van der Waals surface area contributed by atoms with Gasteiger partial charge in [0.1, 0.15) is 0 Å². The maximum Gasteiger partial charge on any atom is 0.0716 e. The molecule has 2 aliphatic heterocycles. The molecule has 2 aliphatic carbocycles. The quantitative estimate of drug-likeness (QED) is 0.507. The predicted molar refractivity (Wildman–Crippen MR) is 153 cm³/mol. The third-order valence-corrected chi connectivity index (χ3v) is 8.47. The molecular formula is C35H36N2. The van der Waals surface area contributed by atoms with Crippen molar-refractivity contribution in [1.29, 1.82) is 0 Å². The van der Waals surface area contributed by atoms with E-state index in [0.717, 1.165) is 29.3 Å². The fraction of sp³-hybridized carbons (Fsp3) is 0.314. The van der Waals surface area contributed by atoms with Gasteiger partial charge in [0.15, 0.2) is 0 Å². The van der Waals surface area contributed by atoms with Crippen molar-refractivity contribution in [2.24, 2.45) is 26.7 Å². The normalized spacial score (nSPS) is 23.7. The van der Waals surface area contributed by atoms with Crippen LogP contribution in [0.4, 0.5) is 0 Å². The first-order valence-corrected chi connectivity index (χ1v) is 13.7. The predicted octanol–water partition coefficient (Wildman–Crippen LogP) is 6.02. The van der Waals surface area contributed by atoms with Crippen molar-refractivity contribution >= 4 is 11.1 Å². The average Bonchev–Trinajstić information content (AvgIpc) is 3.40. The van der Waals surface area contributed by atoms with Crippen LogP contribution in [0.15, 0.2) is 117 Å². The maximum atomic E-state index is 5.00. The van der Waals surface area contributed by atoms with E-state index in [1.165, 1.54) is 44.0 Å². The minimum atomic E-state index is -0.0813. The molecule has 2 aromatic rings. The zero-order valence-corrected chi connectivity index (χ0v) is 22.9. The summed E-state index contributed by atoms with van der Waals surface area (Å²) in [6, 6.07) is 17.2. The monoisotopic (exact) mass is 484 g/mol. The minimum Gasteiger partial charge on any atom is -0.248 e. The fourth-order valence-electron chi connectivity index (χ4n) is 6.79. The highest BCUT2D eigenvalue weighted by molar-refractivity contribution is 5.83. The Morgan fingerprint density at radius 1 is 0.784 bits per heavy atom. The molecule has 1 atom stereocenters. The van der Waals surface area contributed by atoms with Gasteiger partial charge in [-0.3, -0.25) is 0 Å². The second-order valence-corrected chi connectivity index (χ2v) is 11.7. The Labute approximate surface area is 220 Å². The van der Waals surface area contributed by atoms with Crippen molar-refractivity contribution in [2.45, 2.75) is 54.4 Å². The Bertz CT molecular complexity index is 1730. The number of nitrogens with zero attached hydrogens (tertiary/aromatic N) is 2. The van der Waals surface area contributed by atoms with E-state index in [1.807, 2.05) is 0 Å². The number of rotatable bonds is 4. The van der Waals surface area contributed by atoms with E-state index in [-0.39, 0.29) is 10.8 Å². The van der Waals surface area contributed by atoms with Crippen molar-refractivity contribution in [2.75, 3.05) is 0 Å². The molecule has 0 fully saturated rings. The molecule has 0 aromatic heterocycles. The summed E-state index contributed by atoms with van der Waals surface area (Å²) in [7, 11) is 0. The van der Waals surface area contributed by atoms with Crippen molar-refractivity contribution in [1.82, 2.24) is 0 Å². The highest BCUT2D eigenvalue weighted by Crippen LogP contribution is 2.48. The molecule has 0 saturated heterocycles. The lowest BCUT2D eigenvalue weighted by Gasteiger charge is -2.37. The molecule has 0 N–H and O–H groups in total. The van der Waals surface area contributed by atoms with E-state index >= 15 is 0 Å². The Morgan fingerprint density at radius 2 is 1.41 bits per heavy atom. The molecule has 6 rings (SSSR count). The number of hydrogen-bond donors (Lipinski definition) is 0. The molecule has 0 bridgehead atoms. The lowest BCUT2D eigenvalue weighted by molar-refractivity contribution is 0.491. The first kappa shape index (κ1) is 23.9. The summed E-state index contributed by atoms with van der Waals surface area (Å²) in [5, 5.41) is 4.77. The summed E-state index contributed by atoms with van der Waals surface area (Å²) in [4.78, 5) is 9.98. The van der Waals surface area contributed by atoms with E-state index in [2.05, 4.69) is 120 Å². The SMILES string of the molecule is CCC1=C(C=CC=C2C(CC)C3=c4ccccc4=NC3=CC2(C)C)C(C)(C)C=C2N=c3ccccc3=C21. The molecule has 0 spiro atoms. The first-order chi connectivity index (χ1) is 17.7. The van der Waals surface area contributed by atoms with Crippen molar-refractivity contribution in [3.8, 4) is 0 Å². The molecule has 2 aromatic carbocycles. The molecule has 0 radical (unpaired) electrons. The summed E-state index contributed by atoms with van der Waals surface area (Å²) in [5.41, 5.74) is 9.17. The summed E-state index contributed by atoms with van der Waals surface area (Å²) in [5.74, 6) is 0.368. The second-order valence-electron chi connectivity index (χ2n) is 11.7. The molecule has 0 saturated carbocycles. The number of para-hydroxylation sites is 2. The van der Waals surface area contributed by atoms with Gasteiger partial charge in [0, 0.05) is 32.8 Å². The van der Waals surface area contributed by atoms with Crippen LogP contribution in [0.3, 0.4) is 0 Å². The molecule has 37 heavy (non-hydrogen) atoms. The zero-order chi connectivity index (χ0) is 25.9. The van der Waals surface area contributed by atoms with Gasteiger partial charge in [-0.25, -0.2) is 9.98 Å². The number of hydrogen-bond acceptors (Lipinski definition) is 2. The van der Waals surface area contributed by atoms with Gasteiger partial charge in [0.25, 0.3) is 0 Å². The summed E-state index contributed by atoms with van der Waals surface area (Å²) < 4.78 is 0. The van der Waals surface area contributed by atoms with Crippen molar-refractivity contribution in [3.63, 3.8) is 0 Å². The smallest absolute Gasteiger partial charge is 0.0716 e. The van der Waals surface area contributed by atoms with Gasteiger partial charge in [0.05, 0.1) is 22.1 Å². The maximum absolute atomic E-state index is 5.00. The van der Waals surface area contributed by atoms with E-state index in [9.17, 15) is 0 Å². The van der Waals surface area contributed by atoms with Crippen LogP contribution in [-0.2, 0) is 0 Å². The van der Waals surface area contributed by atoms with Crippen molar-refractivity contribution < 1.29 is 0 Å². The van der Waals surface area contributed by atoms with Gasteiger partial charge in [0.2, 0.25) is 0 Å². The molecule has 186 valence electrons. The van der Waals surface area contributed by atoms with E-state index < -0.39 is 0 Å². The molecule has 2 heteroatoms. The Kier molecular flexibility index (Phi) is 5.49. The van der Waals surface area contributed by atoms with Crippen LogP contribution >= 0.6 is 0 Å². The topological polar surface area (TPSA) is 24.7 Å². The average molecular weight is 485 g/mol. The summed E-state index contributed by atoms with van der Waals surface area (Å²) in [6.45, 7) is 13.9. The molecule has 1 unspecified atom stereocenters. The van der Waals surface area contributed by atoms with Gasteiger partial charge in [-0.15, -0.1) is 0 Å². The van der Waals surface area contributed by atoms with Crippen molar-refractivity contribution in [3.05, 3.63) is 128 Å². The van der Waals surface area contributed by atoms with Gasteiger partial charge in [-0.05, 0) is 53.8 Å². The first-order valence-electron chi connectivity index (χ1n) is 13.7. The van der Waals surface area contributed by atoms with E-state index in [0.29, 0.717) is 5.92 Å². The highest BCUT2D eigenvalue weighted by Gasteiger charge is 2.37. The highest BCUT2D eigenvalue weighted by atomic mass is 14.8. The van der Waals surface area contributed by atoms with Crippen LogP contribution in [-0.4, -0.2) is 0 Å². The lowest BCUT2D eigenvalue weighted by Crippen LogP contribution is -2.30. The number of allylic oxidation sites excluding steroid dienone is 9. The van der Waals surface area contributed by atoms with Gasteiger partial charge < -0.3 is 0 Å².